The monoisotopic (exact) mass is 714 g/mol. The van der Waals surface area contributed by atoms with E-state index in [1.54, 1.807) is 0 Å². The molecule has 0 saturated heterocycles. The van der Waals surface area contributed by atoms with Gasteiger partial charge in [-0.2, -0.15) is 0 Å². The van der Waals surface area contributed by atoms with Crippen molar-refractivity contribution in [1.82, 2.24) is 0 Å². The first-order valence-corrected chi connectivity index (χ1v) is 15.0. The number of nitrogens with zero attached hydrogens (tertiary/aromatic N) is 1. The predicted octanol–water partition coefficient (Wildman–Crippen LogP) is 0.815. The molecule has 0 unspecified atom stereocenters. The zero-order chi connectivity index (χ0) is 25.4. The number of hydrogen-bond acceptors (Lipinski definition) is 1. The van der Waals surface area contributed by atoms with Crippen molar-refractivity contribution in [2.24, 2.45) is 0 Å². The van der Waals surface area contributed by atoms with E-state index in [2.05, 4.69) is 128 Å². The average Bonchev–Trinajstić information content (AvgIpc) is 3.58. The van der Waals surface area contributed by atoms with Gasteiger partial charge in [0.15, 0.2) is 0 Å². The van der Waals surface area contributed by atoms with Gasteiger partial charge in [-0.05, 0) is 0 Å². The van der Waals surface area contributed by atoms with E-state index < -0.39 is 0 Å². The van der Waals surface area contributed by atoms with Crippen LogP contribution < -0.4 is 40.2 Å². The molecule has 1 nitrogen and oxygen atoms in total. The summed E-state index contributed by atoms with van der Waals surface area (Å²) in [6, 6.07) is 33.4. The summed E-state index contributed by atoms with van der Waals surface area (Å²) < 4.78 is 1.52. The second kappa shape index (κ2) is 12.7. The Hall–Kier alpha value is -2.65. The number of benzene rings is 4. The molecular formula is C35H30Cl2HfN. The number of allylic oxidation sites excluding steroid dienone is 4. The van der Waals surface area contributed by atoms with Crippen molar-refractivity contribution in [3.05, 3.63) is 142 Å². The number of halogens is 2. The molecule has 0 saturated carbocycles. The molecule has 6 rings (SSSR count). The third-order valence-electron chi connectivity index (χ3n) is 7.60. The van der Waals surface area contributed by atoms with E-state index >= 15 is 0 Å². The molecule has 0 fully saturated rings. The van der Waals surface area contributed by atoms with Gasteiger partial charge in [0.05, 0.1) is 0 Å². The van der Waals surface area contributed by atoms with E-state index in [0.717, 1.165) is 43.9 Å². The van der Waals surface area contributed by atoms with Crippen LogP contribution in [0, 0.1) is 0 Å². The summed E-state index contributed by atoms with van der Waals surface area (Å²) in [5.74, 6) is 0. The van der Waals surface area contributed by atoms with Gasteiger partial charge in [-0.1, -0.05) is 0 Å². The fourth-order valence-electron chi connectivity index (χ4n) is 5.91. The van der Waals surface area contributed by atoms with E-state index in [-0.39, 0.29) is 24.8 Å². The fourth-order valence-corrected chi connectivity index (χ4v) is 7.62. The van der Waals surface area contributed by atoms with Crippen LogP contribution in [0.1, 0.15) is 42.5 Å². The minimum atomic E-state index is 0. The van der Waals surface area contributed by atoms with E-state index in [0.29, 0.717) is 0 Å². The maximum atomic E-state index is 2.58. The van der Waals surface area contributed by atoms with Crippen molar-refractivity contribution in [3.8, 4) is 11.1 Å². The van der Waals surface area contributed by atoms with Crippen LogP contribution in [0.15, 0.2) is 109 Å². The van der Waals surface area contributed by atoms with Gasteiger partial charge in [0.25, 0.3) is 0 Å². The van der Waals surface area contributed by atoms with Crippen LogP contribution in [-0.4, -0.2) is 13.1 Å². The fraction of sp³-hybridized carbons (Fsp3) is 0.143. The molecule has 0 spiro atoms. The third kappa shape index (κ3) is 5.15. The Balaban J connectivity index is 0.00000176. The standard InChI is InChI=1S/C35H30N.2ClH.Hf/c1-3-36(4-2)35-32(33(25-15-7-5-8-16-25)26-17-9-6-10-18-26)24-30-29-22-14-13-21-28(29)23-31(30)34(35)27-19-11-12-20-27;;;/h5-19,21-22,24H,3-4,20H2,1-2H3;2*1H;/q;;;+2/p-2. The van der Waals surface area contributed by atoms with Gasteiger partial charge in [0.1, 0.15) is 0 Å². The summed E-state index contributed by atoms with van der Waals surface area (Å²) in [5, 5.41) is 2.79. The van der Waals surface area contributed by atoms with Gasteiger partial charge in [-0.15, -0.1) is 0 Å². The molecule has 4 aromatic carbocycles. The van der Waals surface area contributed by atoms with Gasteiger partial charge in [-0.3, -0.25) is 0 Å². The van der Waals surface area contributed by atoms with Crippen LogP contribution in [-0.2, 0) is 24.4 Å². The molecule has 0 aromatic heterocycles. The first-order valence-electron chi connectivity index (χ1n) is 13.2. The molecule has 2 aliphatic rings. The molecular weight excluding hydrogens is 684 g/mol. The van der Waals surface area contributed by atoms with Gasteiger partial charge in [-0.25, -0.2) is 0 Å². The van der Waals surface area contributed by atoms with Crippen molar-refractivity contribution in [3.63, 3.8) is 0 Å². The van der Waals surface area contributed by atoms with Crippen LogP contribution in [0.5, 0.6) is 0 Å². The smallest absolute Gasteiger partial charge is 1.00 e. The van der Waals surface area contributed by atoms with Crippen molar-refractivity contribution >= 4 is 20.2 Å². The van der Waals surface area contributed by atoms with Gasteiger partial charge >= 0.3 is 236 Å². The molecule has 39 heavy (non-hydrogen) atoms. The Kier molecular flexibility index (Phi) is 9.54. The minimum Gasteiger partial charge on any atom is -1.00 e. The molecule has 0 atom stereocenters. The summed E-state index contributed by atoms with van der Waals surface area (Å²) in [6.45, 7) is 6.51. The Morgan fingerprint density at radius 1 is 0.744 bits per heavy atom. The van der Waals surface area contributed by atoms with Gasteiger partial charge in [0, 0.05) is 0 Å². The molecule has 0 bridgehead atoms. The predicted molar refractivity (Wildman–Crippen MR) is 153 cm³/mol. The molecule has 4 aromatic rings. The van der Waals surface area contributed by atoms with E-state index in [1.807, 2.05) is 0 Å². The molecule has 193 valence electrons. The molecule has 0 amide bonds. The Labute approximate surface area is 259 Å². The Bertz CT molecular complexity index is 1630. The van der Waals surface area contributed by atoms with Gasteiger partial charge < -0.3 is 24.8 Å². The number of hydrogen-bond donors (Lipinski definition) is 0. The van der Waals surface area contributed by atoms with E-state index in [4.69, 9.17) is 0 Å². The quantitative estimate of drug-likeness (QED) is 0.268. The van der Waals surface area contributed by atoms with Crippen molar-refractivity contribution in [2.45, 2.75) is 20.3 Å². The largest absolute Gasteiger partial charge is 1.00 e. The molecule has 4 heteroatoms. The summed E-state index contributed by atoms with van der Waals surface area (Å²) in [7, 11) is 0. The summed E-state index contributed by atoms with van der Waals surface area (Å²) in [6.07, 6.45) is 7.86. The average molecular weight is 714 g/mol. The van der Waals surface area contributed by atoms with Crippen molar-refractivity contribution in [1.29, 1.82) is 0 Å². The first-order chi connectivity index (χ1) is 18.2. The normalized spacial score (nSPS) is 12.7. The summed E-state index contributed by atoms with van der Waals surface area (Å²) in [4.78, 5) is 2.58. The molecule has 0 aliphatic heterocycles. The minimum absolute atomic E-state index is 0. The van der Waals surface area contributed by atoms with E-state index in [9.17, 15) is 0 Å². The first kappa shape index (κ1) is 29.3. The SMILES string of the molecule is CCN(CC)c1c(C2=CC=CC2)c2c(cc1=C(c1ccccc1)c1ccccc1)-c1ccccc1[C]=2[Hf+2].[Cl-].[Cl-]. The zero-order valence-electron chi connectivity index (χ0n) is 22.2. The topological polar surface area (TPSA) is 3.24 Å². The second-order valence-corrected chi connectivity index (χ2v) is 11.4. The number of anilines is 1. The third-order valence-corrected chi connectivity index (χ3v) is 9.47. The maximum absolute atomic E-state index is 2.58. The number of fused-ring (bicyclic) bond motifs is 3. The van der Waals surface area contributed by atoms with Gasteiger partial charge in [0.2, 0.25) is 0 Å². The molecule has 0 radical (unpaired) electrons. The molecule has 2 aliphatic carbocycles. The number of rotatable bonds is 6. The van der Waals surface area contributed by atoms with Crippen LogP contribution in [0.25, 0.3) is 25.6 Å². The Morgan fingerprint density at radius 2 is 1.31 bits per heavy atom. The zero-order valence-corrected chi connectivity index (χ0v) is 27.3. The molecule has 0 heterocycles. The van der Waals surface area contributed by atoms with Crippen molar-refractivity contribution < 1.29 is 49.2 Å². The molecule has 0 N–H and O–H groups in total. The van der Waals surface area contributed by atoms with Crippen LogP contribution >= 0.6 is 0 Å². The summed E-state index contributed by atoms with van der Waals surface area (Å²) in [5.41, 5.74) is 12.2. The van der Waals surface area contributed by atoms with Crippen LogP contribution in [0.4, 0.5) is 5.69 Å². The summed E-state index contributed by atoms with van der Waals surface area (Å²) >= 11 is 1.01. The van der Waals surface area contributed by atoms with E-state index in [1.165, 1.54) is 64.0 Å². The maximum Gasteiger partial charge on any atom is -1.00 e. The second-order valence-electron chi connectivity index (χ2n) is 9.59. The van der Waals surface area contributed by atoms with Crippen LogP contribution in [0.3, 0.4) is 0 Å². The van der Waals surface area contributed by atoms with Crippen molar-refractivity contribution in [2.75, 3.05) is 18.0 Å². The Morgan fingerprint density at radius 3 is 1.85 bits per heavy atom. The van der Waals surface area contributed by atoms with Crippen LogP contribution in [0.2, 0.25) is 0 Å².